The van der Waals surface area contributed by atoms with Crippen molar-refractivity contribution < 1.29 is 0 Å². The smallest absolute Gasteiger partial charge is 0.141 e. The van der Waals surface area contributed by atoms with E-state index < -0.39 is 0 Å². The molecule has 8 aromatic carbocycles. The van der Waals surface area contributed by atoms with Gasteiger partial charge >= 0.3 is 0 Å². The Hall–Kier alpha value is -7.29. The summed E-state index contributed by atoms with van der Waals surface area (Å²) < 4.78 is 2.43. The van der Waals surface area contributed by atoms with Gasteiger partial charge in [-0.1, -0.05) is 200 Å². The van der Waals surface area contributed by atoms with Crippen LogP contribution in [0, 0.1) is 0 Å². The van der Waals surface area contributed by atoms with Gasteiger partial charge in [0, 0.05) is 11.5 Å². The molecule has 2 heteroatoms. The fourth-order valence-corrected chi connectivity index (χ4v) is 9.85. The molecule has 2 unspecified atom stereocenters. The van der Waals surface area contributed by atoms with Crippen LogP contribution in [0.1, 0.15) is 36.8 Å². The summed E-state index contributed by atoms with van der Waals surface area (Å²) in [7, 11) is 0. The van der Waals surface area contributed by atoms with Crippen molar-refractivity contribution in [1.29, 1.82) is 0 Å². The van der Waals surface area contributed by atoms with Crippen LogP contribution in [0.4, 0.5) is 0 Å². The second-order valence-electron chi connectivity index (χ2n) is 16.4. The largest absolute Gasteiger partial charge is 0.314 e. The number of fused-ring (bicyclic) bond motifs is 3. The van der Waals surface area contributed by atoms with Crippen LogP contribution in [-0.2, 0) is 5.54 Å². The first kappa shape index (κ1) is 35.8. The van der Waals surface area contributed by atoms with E-state index >= 15 is 0 Å². The third-order valence-electron chi connectivity index (χ3n) is 12.7. The van der Waals surface area contributed by atoms with Crippen LogP contribution in [0.25, 0.3) is 82.9 Å². The highest BCUT2D eigenvalue weighted by Gasteiger charge is 2.29. The van der Waals surface area contributed by atoms with Gasteiger partial charge in [-0.25, -0.2) is 4.98 Å². The van der Waals surface area contributed by atoms with Crippen LogP contribution < -0.4 is 0 Å². The van der Waals surface area contributed by atoms with Crippen molar-refractivity contribution >= 4 is 38.2 Å². The molecule has 2 nitrogen and oxygen atoms in total. The number of nitrogens with zero attached hydrogens (tertiary/aromatic N) is 2. The molecule has 0 amide bonds. The van der Waals surface area contributed by atoms with Gasteiger partial charge in [-0.15, -0.1) is 0 Å². The van der Waals surface area contributed by atoms with E-state index in [0.29, 0.717) is 0 Å². The van der Waals surface area contributed by atoms with Gasteiger partial charge in [-0.2, -0.15) is 0 Å². The number of para-hydroxylation sites is 2. The standard InChI is InChI=1S/C58H44N2/c1-58(37-17-4-18-38-58)60-54-30-16-15-29-53(54)59-57(60)43-33-31-40(32-34-43)44-35-36-51-52(39-44)56(48-26-12-10-24-46(48)42-21-7-3-8-22-42)50-28-14-13-27-49(50)55(51)47-25-11-9-23-45(47)41-19-5-2-6-20-41/h2-23,25-37,39,46H,24,38H2,1H3. The molecule has 0 bridgehead atoms. The zero-order valence-corrected chi connectivity index (χ0v) is 33.7. The number of aromatic nitrogens is 2. The molecular weight excluding hydrogens is 725 g/mol. The van der Waals surface area contributed by atoms with Crippen LogP contribution in [-0.4, -0.2) is 9.55 Å². The van der Waals surface area contributed by atoms with E-state index in [9.17, 15) is 0 Å². The van der Waals surface area contributed by atoms with Crippen molar-refractivity contribution in [2.75, 3.05) is 0 Å². The summed E-state index contributed by atoms with van der Waals surface area (Å²) in [6.45, 7) is 2.31. The predicted octanol–water partition coefficient (Wildman–Crippen LogP) is 15.4. The van der Waals surface area contributed by atoms with Gasteiger partial charge in [0.25, 0.3) is 0 Å². The molecule has 9 aromatic rings. The van der Waals surface area contributed by atoms with E-state index in [1.807, 2.05) is 0 Å². The number of allylic oxidation sites excluding steroid dienone is 8. The molecule has 60 heavy (non-hydrogen) atoms. The van der Waals surface area contributed by atoms with Crippen molar-refractivity contribution in [1.82, 2.24) is 9.55 Å². The Morgan fingerprint density at radius 2 is 1.17 bits per heavy atom. The Bertz CT molecular complexity index is 3200. The number of hydrogen-bond acceptors (Lipinski definition) is 1. The first-order valence-corrected chi connectivity index (χ1v) is 21.1. The second-order valence-corrected chi connectivity index (χ2v) is 16.4. The van der Waals surface area contributed by atoms with Crippen molar-refractivity contribution in [3.05, 3.63) is 230 Å². The lowest BCUT2D eigenvalue weighted by atomic mass is 9.76. The molecule has 2 aliphatic carbocycles. The normalized spacial score (nSPS) is 17.4. The topological polar surface area (TPSA) is 17.8 Å². The van der Waals surface area contributed by atoms with Gasteiger partial charge in [0.15, 0.2) is 0 Å². The summed E-state index contributed by atoms with van der Waals surface area (Å²) in [4.78, 5) is 5.23. The van der Waals surface area contributed by atoms with Gasteiger partial charge in [0.1, 0.15) is 5.82 Å². The van der Waals surface area contributed by atoms with E-state index in [2.05, 4.69) is 230 Å². The van der Waals surface area contributed by atoms with E-state index in [1.54, 1.807) is 0 Å². The summed E-state index contributed by atoms with van der Waals surface area (Å²) in [5.74, 6) is 1.23. The lowest BCUT2D eigenvalue weighted by Gasteiger charge is -2.31. The average Bonchev–Trinajstić information content (AvgIpc) is 3.72. The molecule has 0 N–H and O–H groups in total. The molecule has 0 saturated heterocycles. The van der Waals surface area contributed by atoms with Crippen LogP contribution in [0.2, 0.25) is 0 Å². The summed E-state index contributed by atoms with van der Waals surface area (Å²) in [5, 5.41) is 5.06. The molecule has 2 aliphatic rings. The summed E-state index contributed by atoms with van der Waals surface area (Å²) in [6.07, 6.45) is 17.7. The highest BCUT2D eigenvalue weighted by Crippen LogP contribution is 2.49. The molecule has 0 fully saturated rings. The van der Waals surface area contributed by atoms with E-state index in [-0.39, 0.29) is 11.5 Å². The first-order chi connectivity index (χ1) is 29.6. The van der Waals surface area contributed by atoms with Crippen LogP contribution >= 0.6 is 0 Å². The monoisotopic (exact) mass is 768 g/mol. The Morgan fingerprint density at radius 1 is 0.517 bits per heavy atom. The SMILES string of the molecule is CC1(n2c(-c3ccc(-c4ccc5c(-c6ccccc6-c6ccccc6)c6ccccc6c(C6=CC=CCC6c6ccccc6)c5c4)cc3)nc3ccccc32)C=CC=CC1. The highest BCUT2D eigenvalue weighted by atomic mass is 15.1. The minimum absolute atomic E-state index is 0.214. The molecule has 2 atom stereocenters. The van der Waals surface area contributed by atoms with Crippen LogP contribution in [0.15, 0.2) is 218 Å². The van der Waals surface area contributed by atoms with E-state index in [1.165, 1.54) is 71.6 Å². The van der Waals surface area contributed by atoms with Crippen LogP contribution in [0.5, 0.6) is 0 Å². The number of rotatable bonds is 7. The van der Waals surface area contributed by atoms with Gasteiger partial charge in [-0.05, 0) is 110 Å². The lowest BCUT2D eigenvalue weighted by molar-refractivity contribution is 0.427. The Labute approximate surface area is 351 Å². The zero-order valence-electron chi connectivity index (χ0n) is 33.7. The molecule has 0 radical (unpaired) electrons. The highest BCUT2D eigenvalue weighted by molar-refractivity contribution is 6.21. The molecule has 1 heterocycles. The lowest BCUT2D eigenvalue weighted by Crippen LogP contribution is -2.28. The fourth-order valence-electron chi connectivity index (χ4n) is 9.85. The minimum Gasteiger partial charge on any atom is -0.314 e. The quantitative estimate of drug-likeness (QED) is 0.148. The van der Waals surface area contributed by atoms with Crippen molar-refractivity contribution in [3.63, 3.8) is 0 Å². The number of benzene rings is 8. The number of imidazole rings is 1. The second kappa shape index (κ2) is 14.8. The van der Waals surface area contributed by atoms with Crippen molar-refractivity contribution in [3.8, 4) is 44.8 Å². The molecule has 0 spiro atoms. The van der Waals surface area contributed by atoms with Crippen LogP contribution in [0.3, 0.4) is 0 Å². The Kier molecular flexibility index (Phi) is 8.85. The average molecular weight is 769 g/mol. The summed E-state index contributed by atoms with van der Waals surface area (Å²) in [6, 6.07) is 64.6. The van der Waals surface area contributed by atoms with Gasteiger partial charge in [-0.3, -0.25) is 0 Å². The molecular formula is C58H44N2. The van der Waals surface area contributed by atoms with Crippen molar-refractivity contribution in [2.24, 2.45) is 0 Å². The maximum atomic E-state index is 5.23. The molecule has 0 aliphatic heterocycles. The maximum Gasteiger partial charge on any atom is 0.141 e. The Balaban J connectivity index is 1.13. The Morgan fingerprint density at radius 3 is 1.95 bits per heavy atom. The van der Waals surface area contributed by atoms with E-state index in [0.717, 1.165) is 35.3 Å². The molecule has 11 rings (SSSR count). The third-order valence-corrected chi connectivity index (χ3v) is 12.7. The van der Waals surface area contributed by atoms with Gasteiger partial charge in [0.05, 0.1) is 16.6 Å². The predicted molar refractivity (Wildman–Crippen MR) is 254 cm³/mol. The third kappa shape index (κ3) is 6.07. The molecule has 1 aromatic heterocycles. The molecule has 286 valence electrons. The summed E-state index contributed by atoms with van der Waals surface area (Å²) >= 11 is 0. The zero-order chi connectivity index (χ0) is 40.0. The van der Waals surface area contributed by atoms with E-state index in [4.69, 9.17) is 4.98 Å². The first-order valence-electron chi connectivity index (χ1n) is 21.1. The summed E-state index contributed by atoms with van der Waals surface area (Å²) in [5.41, 5.74) is 14.4. The number of hydrogen-bond donors (Lipinski definition) is 0. The fraction of sp³-hybridized carbons (Fsp3) is 0.0862. The maximum absolute atomic E-state index is 5.23. The molecule has 0 saturated carbocycles. The van der Waals surface area contributed by atoms with Crippen molar-refractivity contribution in [2.45, 2.75) is 31.2 Å². The minimum atomic E-state index is -0.214. The van der Waals surface area contributed by atoms with Gasteiger partial charge < -0.3 is 4.57 Å². The van der Waals surface area contributed by atoms with Gasteiger partial charge in [0.2, 0.25) is 0 Å².